The number of alkyl halides is 1. The molecule has 5 rings (SSSR count). The van der Waals surface area contributed by atoms with Gasteiger partial charge < -0.3 is 25.8 Å². The molecule has 0 radical (unpaired) electrons. The molecule has 1 aliphatic carbocycles. The molecule has 0 bridgehead atoms. The maximum Gasteiger partial charge on any atom is 0.335 e. The smallest absolute Gasteiger partial charge is 0.335 e. The van der Waals surface area contributed by atoms with E-state index >= 15 is 4.39 Å². The lowest BCUT2D eigenvalue weighted by Crippen LogP contribution is -2.55. The summed E-state index contributed by atoms with van der Waals surface area (Å²) in [7, 11) is 1.37. The summed E-state index contributed by atoms with van der Waals surface area (Å²) in [6.45, 7) is 9.34. The second kappa shape index (κ2) is 10.7. The highest BCUT2D eigenvalue weighted by molar-refractivity contribution is 6.31. The fraction of sp³-hybridized carbons (Fsp3) is 0.438. The standard InChI is InChI=1S/C32H36ClFN4O5/c1-16-12-20-26(35-15-16)32(29(42)37-20)23(14-30(2,3)4)38-25(24(32)18-8-7-9-22(33)31(18,5)34)27(39)36-19-11-10-17(28(40)41)13-21(19)43-6/h7-13,15,18,23-25,38H,14H2,1-6H3,(H,36,39)(H,37,42)(H,40,41)/t18?,23-,24-,25+,31?,32+/m0/s1. The summed E-state index contributed by atoms with van der Waals surface area (Å²) in [5.41, 5.74) is -1.76. The molecule has 1 aromatic heterocycles. The molecule has 3 heterocycles. The number of halogens is 2. The van der Waals surface area contributed by atoms with Gasteiger partial charge in [0.2, 0.25) is 11.8 Å². The van der Waals surface area contributed by atoms with E-state index in [1.54, 1.807) is 18.3 Å². The van der Waals surface area contributed by atoms with Crippen LogP contribution < -0.4 is 20.7 Å². The van der Waals surface area contributed by atoms with Crippen LogP contribution in [-0.2, 0) is 15.0 Å². The first-order valence-electron chi connectivity index (χ1n) is 14.1. The van der Waals surface area contributed by atoms with Crippen LogP contribution in [0.15, 0.2) is 53.7 Å². The Morgan fingerprint density at radius 1 is 1.26 bits per heavy atom. The lowest BCUT2D eigenvalue weighted by atomic mass is 9.59. The minimum absolute atomic E-state index is 0.0153. The van der Waals surface area contributed by atoms with Crippen LogP contribution in [0.3, 0.4) is 0 Å². The van der Waals surface area contributed by atoms with E-state index in [-0.39, 0.29) is 33.4 Å². The van der Waals surface area contributed by atoms with Crippen LogP contribution in [0.4, 0.5) is 15.8 Å². The Hall–Kier alpha value is -3.76. The number of carbonyl (C=O) groups excluding carboxylic acids is 2. The third-order valence-corrected chi connectivity index (χ3v) is 9.20. The number of aryl methyl sites for hydroxylation is 1. The number of carbonyl (C=O) groups is 3. The summed E-state index contributed by atoms with van der Waals surface area (Å²) >= 11 is 6.45. The number of hydrogen-bond donors (Lipinski definition) is 4. The van der Waals surface area contributed by atoms with E-state index in [9.17, 15) is 19.5 Å². The maximum atomic E-state index is 16.7. The van der Waals surface area contributed by atoms with Crippen molar-refractivity contribution in [1.82, 2.24) is 10.3 Å². The lowest BCUT2D eigenvalue weighted by molar-refractivity contribution is -0.125. The van der Waals surface area contributed by atoms with Gasteiger partial charge in [0.05, 0.1) is 40.8 Å². The predicted molar refractivity (Wildman–Crippen MR) is 162 cm³/mol. The molecule has 1 fully saturated rings. The highest BCUT2D eigenvalue weighted by atomic mass is 35.5. The van der Waals surface area contributed by atoms with Crippen molar-refractivity contribution in [2.45, 2.75) is 64.2 Å². The molecule has 1 saturated heterocycles. The molecule has 1 aromatic carbocycles. The Labute approximate surface area is 254 Å². The van der Waals surface area contributed by atoms with Crippen molar-refractivity contribution in [2.75, 3.05) is 17.7 Å². The number of hydrogen-bond acceptors (Lipinski definition) is 6. The number of anilines is 2. The molecule has 2 aliphatic heterocycles. The number of aromatic nitrogens is 1. The average molecular weight is 611 g/mol. The highest BCUT2D eigenvalue weighted by Crippen LogP contribution is 2.58. The Morgan fingerprint density at radius 3 is 2.63 bits per heavy atom. The summed E-state index contributed by atoms with van der Waals surface area (Å²) in [4.78, 5) is 44.9. The van der Waals surface area contributed by atoms with E-state index in [0.717, 1.165) is 5.56 Å². The lowest BCUT2D eigenvalue weighted by Gasteiger charge is -2.43. The SMILES string of the molecule is COc1cc(C(=O)O)ccc1NC(=O)[C@@H]1N[C@@H](CC(C)(C)C)[C@@]2(C(=O)Nc3cc(C)cnc32)[C@H]1C1C=CC=C(Cl)C1(C)F. The van der Waals surface area contributed by atoms with Crippen molar-refractivity contribution < 1.29 is 28.6 Å². The van der Waals surface area contributed by atoms with Crippen molar-refractivity contribution >= 4 is 40.8 Å². The quantitative estimate of drug-likeness (QED) is 0.347. The number of aromatic carboxylic acids is 1. The van der Waals surface area contributed by atoms with Gasteiger partial charge in [-0.1, -0.05) is 44.5 Å². The Kier molecular flexibility index (Phi) is 7.67. The third kappa shape index (κ3) is 5.10. The molecule has 2 aromatic rings. The topological polar surface area (TPSA) is 130 Å². The van der Waals surface area contributed by atoms with Crippen LogP contribution >= 0.6 is 11.6 Å². The number of carboxylic acid groups (broad SMARTS) is 1. The Balaban J connectivity index is 1.69. The zero-order valence-electron chi connectivity index (χ0n) is 24.9. The van der Waals surface area contributed by atoms with Crippen LogP contribution in [0.25, 0.3) is 0 Å². The van der Waals surface area contributed by atoms with Gasteiger partial charge in [-0.2, -0.15) is 0 Å². The molecule has 228 valence electrons. The number of carboxylic acids is 1. The van der Waals surface area contributed by atoms with Gasteiger partial charge in [0.15, 0.2) is 0 Å². The number of pyridine rings is 1. The minimum atomic E-state index is -2.10. The monoisotopic (exact) mass is 610 g/mol. The van der Waals surface area contributed by atoms with E-state index in [1.807, 2.05) is 33.8 Å². The van der Waals surface area contributed by atoms with Gasteiger partial charge in [-0.25, -0.2) is 9.18 Å². The van der Waals surface area contributed by atoms with Gasteiger partial charge in [0.25, 0.3) is 0 Å². The number of ether oxygens (including phenoxy) is 1. The fourth-order valence-corrected chi connectivity index (χ4v) is 7.02. The van der Waals surface area contributed by atoms with Gasteiger partial charge in [-0.05, 0) is 61.6 Å². The number of nitrogens with zero attached hydrogens (tertiary/aromatic N) is 1. The maximum absolute atomic E-state index is 16.7. The second-order valence-electron chi connectivity index (χ2n) is 12.9. The van der Waals surface area contributed by atoms with Crippen molar-refractivity contribution in [2.24, 2.45) is 17.3 Å². The number of allylic oxidation sites excluding steroid dienone is 4. The summed E-state index contributed by atoms with van der Waals surface area (Å²) in [5, 5.41) is 18.7. The van der Waals surface area contributed by atoms with Crippen LogP contribution in [0.5, 0.6) is 5.75 Å². The van der Waals surface area contributed by atoms with E-state index in [2.05, 4.69) is 16.0 Å². The fourth-order valence-electron chi connectivity index (χ4n) is 6.83. The molecular formula is C32H36ClFN4O5. The number of benzene rings is 1. The zero-order chi connectivity index (χ0) is 31.5. The first kappa shape index (κ1) is 30.7. The predicted octanol–water partition coefficient (Wildman–Crippen LogP) is 5.36. The van der Waals surface area contributed by atoms with Gasteiger partial charge in [0.1, 0.15) is 16.8 Å². The normalized spacial score (nSPS) is 29.7. The molecular weight excluding hydrogens is 575 g/mol. The van der Waals surface area contributed by atoms with Gasteiger partial charge in [-0.3, -0.25) is 14.6 Å². The van der Waals surface area contributed by atoms with Gasteiger partial charge >= 0.3 is 5.97 Å². The number of amides is 2. The average Bonchev–Trinajstić information content (AvgIpc) is 3.39. The minimum Gasteiger partial charge on any atom is -0.495 e. The number of nitrogens with one attached hydrogen (secondary N) is 3. The second-order valence-corrected chi connectivity index (χ2v) is 13.3. The van der Waals surface area contributed by atoms with Crippen LogP contribution in [0.1, 0.15) is 55.7 Å². The first-order chi connectivity index (χ1) is 20.1. The molecule has 2 amide bonds. The van der Waals surface area contributed by atoms with Gasteiger partial charge in [0, 0.05) is 24.1 Å². The Bertz CT molecular complexity index is 1570. The summed E-state index contributed by atoms with van der Waals surface area (Å²) in [6, 6.07) is 4.25. The summed E-state index contributed by atoms with van der Waals surface area (Å²) in [6.07, 6.45) is 6.94. The highest BCUT2D eigenvalue weighted by Gasteiger charge is 2.69. The van der Waals surface area contributed by atoms with Gasteiger partial charge in [-0.15, -0.1) is 0 Å². The summed E-state index contributed by atoms with van der Waals surface area (Å²) < 4.78 is 22.1. The van der Waals surface area contributed by atoms with E-state index in [1.165, 1.54) is 38.3 Å². The molecule has 4 N–H and O–H groups in total. The van der Waals surface area contributed by atoms with Crippen LogP contribution in [-0.4, -0.2) is 52.7 Å². The number of methoxy groups -OCH3 is 1. The first-order valence-corrected chi connectivity index (χ1v) is 14.5. The largest absolute Gasteiger partial charge is 0.495 e. The number of fused-ring (bicyclic) bond motifs is 2. The van der Waals surface area contributed by atoms with E-state index in [4.69, 9.17) is 21.3 Å². The third-order valence-electron chi connectivity index (χ3n) is 8.70. The van der Waals surface area contributed by atoms with Crippen LogP contribution in [0, 0.1) is 24.2 Å². The molecule has 9 nitrogen and oxygen atoms in total. The molecule has 3 aliphatic rings. The molecule has 0 saturated carbocycles. The van der Waals surface area contributed by atoms with Crippen molar-refractivity contribution in [3.05, 3.63) is 70.5 Å². The molecule has 43 heavy (non-hydrogen) atoms. The Morgan fingerprint density at radius 2 is 1.98 bits per heavy atom. The molecule has 11 heteroatoms. The summed E-state index contributed by atoms with van der Waals surface area (Å²) in [5.74, 6) is -3.86. The van der Waals surface area contributed by atoms with E-state index < -0.39 is 46.9 Å². The zero-order valence-corrected chi connectivity index (χ0v) is 25.7. The van der Waals surface area contributed by atoms with E-state index in [0.29, 0.717) is 17.8 Å². The molecule has 6 atom stereocenters. The van der Waals surface area contributed by atoms with Crippen molar-refractivity contribution in [3.63, 3.8) is 0 Å². The van der Waals surface area contributed by atoms with Crippen molar-refractivity contribution in [3.8, 4) is 5.75 Å². The molecule has 2 unspecified atom stereocenters. The molecule has 1 spiro atoms. The van der Waals surface area contributed by atoms with Crippen LogP contribution in [0.2, 0.25) is 0 Å². The van der Waals surface area contributed by atoms with Crippen molar-refractivity contribution in [1.29, 1.82) is 0 Å². The number of rotatable bonds is 6.